The van der Waals surface area contributed by atoms with Gasteiger partial charge in [0.25, 0.3) is 0 Å². The summed E-state index contributed by atoms with van der Waals surface area (Å²) in [6.45, 7) is 3.58. The van der Waals surface area contributed by atoms with Crippen LogP contribution in [-0.4, -0.2) is 41.5 Å². The average molecular weight is 618 g/mol. The van der Waals surface area contributed by atoms with Crippen molar-refractivity contribution in [2.75, 3.05) is 17.3 Å². The van der Waals surface area contributed by atoms with Crippen molar-refractivity contribution >= 4 is 56.1 Å². The second-order valence-corrected chi connectivity index (χ2v) is 11.6. The Balaban J connectivity index is 1.49. The molecule has 3 aromatic carbocycles. The van der Waals surface area contributed by atoms with E-state index in [9.17, 15) is 14.4 Å². The van der Waals surface area contributed by atoms with Crippen molar-refractivity contribution in [3.8, 4) is 11.3 Å². The SMILES string of the molecule is CNC(=O)Nc1ccccc1-c1[nH]c2ccc(CN3C(=O)[C@H](NC(=O)C(C)(C)N)CCc4ccccc43)cc2c1Br. The maximum atomic E-state index is 13.9. The summed E-state index contributed by atoms with van der Waals surface area (Å²) in [4.78, 5) is 43.8. The lowest BCUT2D eigenvalue weighted by atomic mass is 10.0. The molecular formula is C31H33BrN6O3. The molecule has 6 N–H and O–H groups in total. The summed E-state index contributed by atoms with van der Waals surface area (Å²) in [6.07, 6.45) is 1.15. The summed E-state index contributed by atoms with van der Waals surface area (Å²) in [5, 5.41) is 9.27. The van der Waals surface area contributed by atoms with Crippen LogP contribution >= 0.6 is 15.9 Å². The quantitative estimate of drug-likeness (QED) is 0.207. The maximum absolute atomic E-state index is 13.9. The first-order chi connectivity index (χ1) is 19.6. The number of anilines is 2. The van der Waals surface area contributed by atoms with Gasteiger partial charge in [-0.3, -0.25) is 9.59 Å². The zero-order valence-electron chi connectivity index (χ0n) is 23.2. The lowest BCUT2D eigenvalue weighted by Gasteiger charge is -2.28. The van der Waals surface area contributed by atoms with Crippen LogP contribution in [0.1, 0.15) is 31.4 Å². The monoisotopic (exact) mass is 616 g/mol. The zero-order chi connectivity index (χ0) is 29.3. The number of aryl methyl sites for hydroxylation is 1. The number of carbonyl (C=O) groups excluding carboxylic acids is 3. The number of urea groups is 1. The van der Waals surface area contributed by atoms with E-state index in [0.29, 0.717) is 25.1 Å². The average Bonchev–Trinajstić information content (AvgIpc) is 3.22. The van der Waals surface area contributed by atoms with Crippen molar-refractivity contribution in [2.24, 2.45) is 5.73 Å². The Morgan fingerprint density at radius 3 is 2.59 bits per heavy atom. The van der Waals surface area contributed by atoms with E-state index in [-0.39, 0.29) is 17.8 Å². The van der Waals surface area contributed by atoms with E-state index in [4.69, 9.17) is 5.73 Å². The Bertz CT molecular complexity index is 1640. The molecule has 4 aromatic rings. The molecule has 9 nitrogen and oxygen atoms in total. The van der Waals surface area contributed by atoms with Gasteiger partial charge in [0.1, 0.15) is 6.04 Å². The van der Waals surface area contributed by atoms with Gasteiger partial charge in [-0.2, -0.15) is 0 Å². The Morgan fingerprint density at radius 2 is 1.83 bits per heavy atom. The Labute approximate surface area is 247 Å². The van der Waals surface area contributed by atoms with E-state index in [1.807, 2.05) is 66.7 Å². The van der Waals surface area contributed by atoms with Crippen molar-refractivity contribution < 1.29 is 14.4 Å². The van der Waals surface area contributed by atoms with Crippen molar-refractivity contribution in [3.63, 3.8) is 0 Å². The molecule has 0 bridgehead atoms. The molecule has 0 radical (unpaired) electrons. The molecule has 2 heterocycles. The van der Waals surface area contributed by atoms with Crippen LogP contribution in [0, 0.1) is 0 Å². The number of para-hydroxylation sites is 2. The summed E-state index contributed by atoms with van der Waals surface area (Å²) < 4.78 is 0.846. The molecule has 0 unspecified atom stereocenters. The standard InChI is InChI=1S/C31H33BrN6O3/c1-31(2,33)29(40)36-24-15-13-19-8-4-7-11-25(19)38(28(24)39)17-18-12-14-23-21(16-18)26(32)27(35-23)20-9-5-6-10-22(20)37-30(41)34-3/h4-12,14,16,24,35H,13,15,17,33H2,1-3H3,(H,36,40)(H2,34,37,41)/t24-/m1/s1. The number of rotatable bonds is 6. The number of hydrogen-bond donors (Lipinski definition) is 5. The lowest BCUT2D eigenvalue weighted by molar-refractivity contribution is -0.130. The molecule has 0 saturated carbocycles. The van der Waals surface area contributed by atoms with Gasteiger partial charge >= 0.3 is 6.03 Å². The highest BCUT2D eigenvalue weighted by molar-refractivity contribution is 9.10. The molecule has 1 aliphatic heterocycles. The number of fused-ring (bicyclic) bond motifs is 2. The topological polar surface area (TPSA) is 132 Å². The first-order valence-electron chi connectivity index (χ1n) is 13.4. The highest BCUT2D eigenvalue weighted by atomic mass is 79.9. The number of halogens is 1. The molecule has 1 aromatic heterocycles. The predicted octanol–water partition coefficient (Wildman–Crippen LogP) is 5.05. The number of amides is 4. The van der Waals surface area contributed by atoms with Crippen LogP contribution in [0.5, 0.6) is 0 Å². The third kappa shape index (κ3) is 5.84. The molecule has 1 aliphatic rings. The molecule has 0 fully saturated rings. The van der Waals surface area contributed by atoms with E-state index < -0.39 is 11.6 Å². The number of hydrogen-bond acceptors (Lipinski definition) is 4. The number of aromatic amines is 1. The van der Waals surface area contributed by atoms with Gasteiger partial charge in [-0.25, -0.2) is 4.79 Å². The van der Waals surface area contributed by atoms with Crippen molar-refractivity contribution in [2.45, 2.75) is 44.8 Å². The van der Waals surface area contributed by atoms with Crippen molar-refractivity contribution in [1.29, 1.82) is 0 Å². The lowest BCUT2D eigenvalue weighted by Crippen LogP contribution is -2.56. The van der Waals surface area contributed by atoms with Gasteiger partial charge in [0.15, 0.2) is 0 Å². The van der Waals surface area contributed by atoms with Crippen LogP contribution in [0.2, 0.25) is 0 Å². The molecule has 5 rings (SSSR count). The number of benzene rings is 3. The minimum Gasteiger partial charge on any atom is -0.354 e. The minimum atomic E-state index is -1.10. The van der Waals surface area contributed by atoms with Gasteiger partial charge in [0, 0.05) is 29.2 Å². The van der Waals surface area contributed by atoms with E-state index in [1.165, 1.54) is 0 Å². The summed E-state index contributed by atoms with van der Waals surface area (Å²) in [5.41, 5.74) is 11.0. The fourth-order valence-electron chi connectivity index (χ4n) is 5.02. The summed E-state index contributed by atoms with van der Waals surface area (Å²) in [5.74, 6) is -0.533. The van der Waals surface area contributed by atoms with Crippen LogP contribution in [-0.2, 0) is 22.6 Å². The summed E-state index contributed by atoms with van der Waals surface area (Å²) in [7, 11) is 1.57. The molecule has 41 heavy (non-hydrogen) atoms. The fourth-order valence-corrected chi connectivity index (χ4v) is 5.67. The molecule has 10 heteroatoms. The van der Waals surface area contributed by atoms with Crippen molar-refractivity contribution in [3.05, 3.63) is 82.3 Å². The molecule has 0 spiro atoms. The third-order valence-electron chi connectivity index (χ3n) is 7.25. The number of nitrogens with one attached hydrogen (secondary N) is 4. The highest BCUT2D eigenvalue weighted by Crippen LogP contribution is 2.39. The van der Waals surface area contributed by atoms with Gasteiger partial charge in [-0.15, -0.1) is 0 Å². The van der Waals surface area contributed by atoms with Gasteiger partial charge in [-0.05, 0) is 78.0 Å². The van der Waals surface area contributed by atoms with Crippen LogP contribution < -0.4 is 26.6 Å². The van der Waals surface area contributed by atoms with Gasteiger partial charge in [0.05, 0.1) is 27.9 Å². The summed E-state index contributed by atoms with van der Waals surface area (Å²) in [6, 6.07) is 20.4. The minimum absolute atomic E-state index is 0.171. The molecular weight excluding hydrogens is 584 g/mol. The molecule has 212 valence electrons. The fraction of sp³-hybridized carbons (Fsp3) is 0.258. The first kappa shape index (κ1) is 28.4. The number of nitrogens with zero attached hydrogens (tertiary/aromatic N) is 1. The maximum Gasteiger partial charge on any atom is 0.318 e. The Hall–Kier alpha value is -4.15. The molecule has 0 saturated heterocycles. The number of carbonyl (C=O) groups is 3. The van der Waals surface area contributed by atoms with Gasteiger partial charge in [0.2, 0.25) is 11.8 Å². The van der Waals surface area contributed by atoms with Gasteiger partial charge < -0.3 is 31.6 Å². The number of aromatic nitrogens is 1. The van der Waals surface area contributed by atoms with Crippen LogP contribution in [0.15, 0.2) is 71.2 Å². The Morgan fingerprint density at radius 1 is 1.10 bits per heavy atom. The largest absolute Gasteiger partial charge is 0.354 e. The smallest absolute Gasteiger partial charge is 0.318 e. The van der Waals surface area contributed by atoms with Gasteiger partial charge in [-0.1, -0.05) is 42.5 Å². The number of nitrogens with two attached hydrogens (primary N) is 1. The number of H-pyrrole nitrogens is 1. The predicted molar refractivity (Wildman–Crippen MR) is 166 cm³/mol. The van der Waals surface area contributed by atoms with Crippen molar-refractivity contribution in [1.82, 2.24) is 15.6 Å². The van der Waals surface area contributed by atoms with E-state index >= 15 is 0 Å². The highest BCUT2D eigenvalue weighted by Gasteiger charge is 2.34. The van der Waals surface area contributed by atoms with E-state index in [2.05, 4.69) is 36.9 Å². The molecule has 1 atom stereocenters. The molecule has 4 amide bonds. The Kier molecular flexibility index (Phi) is 7.88. The van der Waals surface area contributed by atoms with Crippen LogP contribution in [0.4, 0.5) is 16.2 Å². The third-order valence-corrected chi connectivity index (χ3v) is 8.08. The zero-order valence-corrected chi connectivity index (χ0v) is 24.8. The normalized spacial score (nSPS) is 15.3. The second kappa shape index (κ2) is 11.4. The first-order valence-corrected chi connectivity index (χ1v) is 14.2. The molecule has 0 aliphatic carbocycles. The van der Waals surface area contributed by atoms with E-state index in [1.54, 1.807) is 25.8 Å². The van der Waals surface area contributed by atoms with Crippen LogP contribution in [0.3, 0.4) is 0 Å². The van der Waals surface area contributed by atoms with E-state index in [0.717, 1.165) is 43.4 Å². The van der Waals surface area contributed by atoms with Crippen LogP contribution in [0.25, 0.3) is 22.2 Å². The second-order valence-electron chi connectivity index (χ2n) is 10.8. The summed E-state index contributed by atoms with van der Waals surface area (Å²) >= 11 is 3.77.